The Morgan fingerprint density at radius 3 is 1.80 bits per heavy atom. The quantitative estimate of drug-likeness (QED) is 0.453. The van der Waals surface area contributed by atoms with Crippen LogP contribution in [0.1, 0.15) is 37.8 Å². The number of rotatable bonds is 6. The average molecular weight is 332 g/mol. The van der Waals surface area contributed by atoms with Crippen LogP contribution in [0.2, 0.25) is 0 Å². The number of aryl methyl sites for hydroxylation is 2. The topological polar surface area (TPSA) is 0 Å². The van der Waals surface area contributed by atoms with Crippen LogP contribution in [0.4, 0.5) is 4.39 Å². The SMILES string of the molecule is CCCCc1ccc(-c2ccc(-c3ccc(CC)cc3)cc2)c(F)c1. The van der Waals surface area contributed by atoms with E-state index in [0.29, 0.717) is 5.56 Å². The number of halogens is 1. The third-order valence-electron chi connectivity index (χ3n) is 4.74. The minimum atomic E-state index is -0.131. The Bertz CT molecular complexity index is 814. The van der Waals surface area contributed by atoms with Crippen molar-refractivity contribution >= 4 is 0 Å². The highest BCUT2D eigenvalue weighted by molar-refractivity contribution is 5.71. The van der Waals surface area contributed by atoms with E-state index < -0.39 is 0 Å². The van der Waals surface area contributed by atoms with Gasteiger partial charge in [0.2, 0.25) is 0 Å². The Hall–Kier alpha value is -2.41. The van der Waals surface area contributed by atoms with Gasteiger partial charge in [-0.25, -0.2) is 4.39 Å². The van der Waals surface area contributed by atoms with E-state index in [1.54, 1.807) is 6.07 Å². The van der Waals surface area contributed by atoms with Gasteiger partial charge >= 0.3 is 0 Å². The standard InChI is InChI=1S/C24H25F/c1-3-5-6-19-9-16-23(24(25)17-19)22-14-12-21(13-15-22)20-10-7-18(4-2)8-11-20/h7-17H,3-6H2,1-2H3. The maximum Gasteiger partial charge on any atom is 0.131 e. The summed E-state index contributed by atoms with van der Waals surface area (Å²) in [6, 6.07) is 22.4. The van der Waals surface area contributed by atoms with E-state index in [2.05, 4.69) is 50.2 Å². The molecule has 0 saturated heterocycles. The van der Waals surface area contributed by atoms with Gasteiger partial charge in [-0.05, 0) is 53.1 Å². The zero-order valence-electron chi connectivity index (χ0n) is 15.1. The first-order chi connectivity index (χ1) is 12.2. The highest BCUT2D eigenvalue weighted by Gasteiger charge is 2.07. The van der Waals surface area contributed by atoms with Gasteiger partial charge in [0.15, 0.2) is 0 Å². The lowest BCUT2D eigenvalue weighted by molar-refractivity contribution is 0.627. The van der Waals surface area contributed by atoms with Crippen LogP contribution < -0.4 is 0 Å². The maximum absolute atomic E-state index is 14.5. The van der Waals surface area contributed by atoms with Crippen molar-refractivity contribution in [2.75, 3.05) is 0 Å². The van der Waals surface area contributed by atoms with Gasteiger partial charge in [-0.1, -0.05) is 80.9 Å². The van der Waals surface area contributed by atoms with E-state index in [1.165, 1.54) is 11.1 Å². The molecule has 0 atom stereocenters. The summed E-state index contributed by atoms with van der Waals surface area (Å²) in [7, 11) is 0. The highest BCUT2D eigenvalue weighted by Crippen LogP contribution is 2.27. The molecule has 25 heavy (non-hydrogen) atoms. The molecule has 0 radical (unpaired) electrons. The summed E-state index contributed by atoms with van der Waals surface area (Å²) < 4.78 is 14.5. The molecule has 3 aromatic carbocycles. The van der Waals surface area contributed by atoms with Crippen molar-refractivity contribution in [2.24, 2.45) is 0 Å². The van der Waals surface area contributed by atoms with Crippen molar-refractivity contribution in [1.29, 1.82) is 0 Å². The molecule has 0 bridgehead atoms. The Kier molecular flexibility index (Phi) is 5.65. The van der Waals surface area contributed by atoms with Gasteiger partial charge in [0, 0.05) is 5.56 Å². The molecule has 0 nitrogen and oxygen atoms in total. The minimum absolute atomic E-state index is 0.131. The summed E-state index contributed by atoms with van der Waals surface area (Å²) in [5.74, 6) is -0.131. The Labute approximate surface area is 150 Å². The van der Waals surface area contributed by atoms with Gasteiger partial charge in [0.05, 0.1) is 0 Å². The molecule has 1 heteroatoms. The second-order valence-electron chi connectivity index (χ2n) is 6.55. The molecular formula is C24H25F. The van der Waals surface area contributed by atoms with Gasteiger partial charge < -0.3 is 0 Å². The first-order valence-electron chi connectivity index (χ1n) is 9.19. The third-order valence-corrected chi connectivity index (χ3v) is 4.74. The fourth-order valence-corrected chi connectivity index (χ4v) is 3.10. The summed E-state index contributed by atoms with van der Waals surface area (Å²) >= 11 is 0. The fourth-order valence-electron chi connectivity index (χ4n) is 3.10. The number of benzene rings is 3. The molecular weight excluding hydrogens is 307 g/mol. The van der Waals surface area contributed by atoms with Crippen LogP contribution in [0.3, 0.4) is 0 Å². The minimum Gasteiger partial charge on any atom is -0.206 e. The molecule has 3 rings (SSSR count). The first kappa shape index (κ1) is 17.4. The van der Waals surface area contributed by atoms with Crippen LogP contribution in [0, 0.1) is 5.82 Å². The third kappa shape index (κ3) is 4.17. The van der Waals surface area contributed by atoms with Crippen molar-refractivity contribution in [3.05, 3.63) is 83.7 Å². The van der Waals surface area contributed by atoms with Crippen molar-refractivity contribution in [3.8, 4) is 22.3 Å². The largest absolute Gasteiger partial charge is 0.206 e. The van der Waals surface area contributed by atoms with E-state index in [-0.39, 0.29) is 5.82 Å². The van der Waals surface area contributed by atoms with Crippen LogP contribution in [-0.4, -0.2) is 0 Å². The average Bonchev–Trinajstić information content (AvgIpc) is 2.67. The normalized spacial score (nSPS) is 10.8. The van der Waals surface area contributed by atoms with Crippen molar-refractivity contribution < 1.29 is 4.39 Å². The zero-order chi connectivity index (χ0) is 17.6. The smallest absolute Gasteiger partial charge is 0.131 e. The molecule has 0 saturated carbocycles. The van der Waals surface area contributed by atoms with Gasteiger partial charge in [-0.15, -0.1) is 0 Å². The molecule has 0 fully saturated rings. The first-order valence-corrected chi connectivity index (χ1v) is 9.19. The van der Waals surface area contributed by atoms with Crippen molar-refractivity contribution in [3.63, 3.8) is 0 Å². The van der Waals surface area contributed by atoms with E-state index in [1.807, 2.05) is 24.3 Å². The zero-order valence-corrected chi connectivity index (χ0v) is 15.1. The van der Waals surface area contributed by atoms with Gasteiger partial charge in [-0.3, -0.25) is 0 Å². The molecule has 128 valence electrons. The van der Waals surface area contributed by atoms with Gasteiger partial charge in [0.1, 0.15) is 5.82 Å². The number of unbranched alkanes of at least 4 members (excludes halogenated alkanes) is 1. The molecule has 0 heterocycles. The van der Waals surface area contributed by atoms with E-state index in [0.717, 1.165) is 42.4 Å². The monoisotopic (exact) mass is 332 g/mol. The van der Waals surface area contributed by atoms with Crippen LogP contribution >= 0.6 is 0 Å². The molecule has 0 aromatic heterocycles. The Morgan fingerprint density at radius 1 is 0.680 bits per heavy atom. The second kappa shape index (κ2) is 8.11. The molecule has 0 aliphatic heterocycles. The predicted octanol–water partition coefficient (Wildman–Crippen LogP) is 7.06. The summed E-state index contributed by atoms with van der Waals surface area (Å²) in [6.45, 7) is 4.31. The number of hydrogen-bond donors (Lipinski definition) is 0. The van der Waals surface area contributed by atoms with E-state index >= 15 is 0 Å². The molecule has 0 aliphatic carbocycles. The van der Waals surface area contributed by atoms with Gasteiger partial charge in [-0.2, -0.15) is 0 Å². The van der Waals surface area contributed by atoms with Crippen molar-refractivity contribution in [2.45, 2.75) is 39.5 Å². The summed E-state index contributed by atoms with van der Waals surface area (Å²) in [5.41, 5.74) is 6.37. The summed E-state index contributed by atoms with van der Waals surface area (Å²) in [4.78, 5) is 0. The molecule has 0 N–H and O–H groups in total. The maximum atomic E-state index is 14.5. The van der Waals surface area contributed by atoms with Crippen LogP contribution in [0.25, 0.3) is 22.3 Å². The lowest BCUT2D eigenvalue weighted by Gasteiger charge is -2.08. The Morgan fingerprint density at radius 2 is 1.24 bits per heavy atom. The van der Waals surface area contributed by atoms with E-state index in [4.69, 9.17) is 0 Å². The second-order valence-corrected chi connectivity index (χ2v) is 6.55. The molecule has 0 spiro atoms. The molecule has 0 amide bonds. The van der Waals surface area contributed by atoms with E-state index in [9.17, 15) is 4.39 Å². The molecule has 3 aromatic rings. The lowest BCUT2D eigenvalue weighted by Crippen LogP contribution is -1.90. The predicted molar refractivity (Wildman–Crippen MR) is 105 cm³/mol. The fraction of sp³-hybridized carbons (Fsp3) is 0.250. The van der Waals surface area contributed by atoms with Crippen LogP contribution in [-0.2, 0) is 12.8 Å². The van der Waals surface area contributed by atoms with Crippen LogP contribution in [0.15, 0.2) is 66.7 Å². The van der Waals surface area contributed by atoms with Gasteiger partial charge in [0.25, 0.3) is 0 Å². The molecule has 0 unspecified atom stereocenters. The molecule has 0 aliphatic rings. The lowest BCUT2D eigenvalue weighted by atomic mass is 9.97. The highest BCUT2D eigenvalue weighted by atomic mass is 19.1. The summed E-state index contributed by atoms with van der Waals surface area (Å²) in [5, 5.41) is 0. The van der Waals surface area contributed by atoms with Crippen molar-refractivity contribution in [1.82, 2.24) is 0 Å². The Balaban J connectivity index is 1.82. The number of hydrogen-bond acceptors (Lipinski definition) is 0. The van der Waals surface area contributed by atoms with Crippen LogP contribution in [0.5, 0.6) is 0 Å². The summed E-state index contributed by atoms with van der Waals surface area (Å²) in [6.07, 6.45) is 4.22.